The average Bonchev–Trinajstić information content (AvgIpc) is 3.17. The first-order valence-corrected chi connectivity index (χ1v) is 9.22. The minimum atomic E-state index is -1.08. The third-order valence-electron chi connectivity index (χ3n) is 3.84. The number of anilines is 1. The average molecular weight is 413 g/mol. The van der Waals surface area contributed by atoms with Crippen molar-refractivity contribution in [2.75, 3.05) is 5.32 Å². The number of aromatic hydroxyl groups is 1. The number of carbonyl (C=O) groups is 2. The van der Waals surface area contributed by atoms with Crippen LogP contribution < -0.4 is 5.32 Å². The molecule has 0 saturated carbocycles. The Balaban J connectivity index is 1.63. The molecule has 10 heteroatoms. The molecule has 3 aromatic rings. The number of phenolic OH excluding ortho intramolecular Hbond substituents is 1. The predicted molar refractivity (Wildman–Crippen MR) is 106 cm³/mol. The van der Waals surface area contributed by atoms with E-state index < -0.39 is 22.9 Å². The lowest BCUT2D eigenvalue weighted by atomic mass is 10.1. The highest BCUT2D eigenvalue weighted by Crippen LogP contribution is 2.27. The van der Waals surface area contributed by atoms with Gasteiger partial charge in [-0.3, -0.25) is 20.2 Å². The molecule has 3 rings (SSSR count). The summed E-state index contributed by atoms with van der Waals surface area (Å²) in [5.41, 5.74) is 1.16. The molecule has 0 aliphatic heterocycles. The number of nitro groups is 1. The van der Waals surface area contributed by atoms with Crippen LogP contribution in [0.1, 0.15) is 17.3 Å². The maximum absolute atomic E-state index is 12.3. The van der Waals surface area contributed by atoms with Crippen molar-refractivity contribution in [3.05, 3.63) is 69.6 Å². The number of nitro benzene ring substituents is 1. The molecular formula is C19H15N3O6S. The van der Waals surface area contributed by atoms with Crippen LogP contribution in [0.25, 0.3) is 11.3 Å². The Bertz CT molecular complexity index is 1060. The van der Waals surface area contributed by atoms with Gasteiger partial charge in [-0.05, 0) is 31.2 Å². The van der Waals surface area contributed by atoms with Crippen LogP contribution in [0.2, 0.25) is 0 Å². The van der Waals surface area contributed by atoms with E-state index in [1.807, 2.05) is 0 Å². The number of hydrogen-bond donors (Lipinski definition) is 2. The lowest BCUT2D eigenvalue weighted by molar-refractivity contribution is -0.384. The lowest BCUT2D eigenvalue weighted by Gasteiger charge is -2.12. The molecule has 1 atom stereocenters. The molecule has 148 valence electrons. The van der Waals surface area contributed by atoms with Gasteiger partial charge in [0, 0.05) is 23.1 Å². The second-order valence-corrected chi connectivity index (χ2v) is 6.79. The number of aromatic nitrogens is 1. The number of rotatable bonds is 6. The molecule has 0 aliphatic carbocycles. The van der Waals surface area contributed by atoms with Crippen LogP contribution in [0, 0.1) is 10.1 Å². The van der Waals surface area contributed by atoms with Crippen molar-refractivity contribution in [3.8, 4) is 17.0 Å². The highest BCUT2D eigenvalue weighted by atomic mass is 32.1. The molecule has 0 spiro atoms. The fourth-order valence-corrected chi connectivity index (χ4v) is 3.05. The summed E-state index contributed by atoms with van der Waals surface area (Å²) in [5, 5.41) is 24.6. The van der Waals surface area contributed by atoms with Gasteiger partial charge in [-0.1, -0.05) is 12.1 Å². The Kier molecular flexibility index (Phi) is 5.84. The van der Waals surface area contributed by atoms with Gasteiger partial charge in [-0.15, -0.1) is 11.3 Å². The zero-order valence-corrected chi connectivity index (χ0v) is 15.9. The number of nitrogens with one attached hydrogen (secondary N) is 1. The Morgan fingerprint density at radius 3 is 2.66 bits per heavy atom. The number of phenols is 1. The van der Waals surface area contributed by atoms with E-state index in [4.69, 9.17) is 4.74 Å². The summed E-state index contributed by atoms with van der Waals surface area (Å²) in [4.78, 5) is 39.0. The minimum Gasteiger partial charge on any atom is -0.508 e. The Labute approximate surface area is 168 Å². The van der Waals surface area contributed by atoms with E-state index in [0.717, 1.165) is 11.3 Å². The molecule has 0 saturated heterocycles. The number of thiazole rings is 1. The van der Waals surface area contributed by atoms with Crippen LogP contribution >= 0.6 is 11.3 Å². The molecule has 0 fully saturated rings. The summed E-state index contributed by atoms with van der Waals surface area (Å²) >= 11 is 1.14. The Hall–Kier alpha value is -3.79. The second kappa shape index (κ2) is 8.48. The largest absolute Gasteiger partial charge is 0.508 e. The van der Waals surface area contributed by atoms with Crippen molar-refractivity contribution < 1.29 is 24.4 Å². The first kappa shape index (κ1) is 20.0. The number of esters is 1. The number of benzene rings is 2. The minimum absolute atomic E-state index is 0.00987. The van der Waals surface area contributed by atoms with Gasteiger partial charge in [-0.25, -0.2) is 9.78 Å². The van der Waals surface area contributed by atoms with E-state index in [1.165, 1.54) is 43.3 Å². The number of non-ortho nitro benzene ring substituents is 1. The van der Waals surface area contributed by atoms with Crippen LogP contribution in [0.5, 0.6) is 5.75 Å². The maximum atomic E-state index is 12.3. The predicted octanol–water partition coefficient (Wildman–Crippen LogP) is 3.61. The Morgan fingerprint density at radius 2 is 1.97 bits per heavy atom. The topological polar surface area (TPSA) is 132 Å². The molecule has 2 N–H and O–H groups in total. The van der Waals surface area contributed by atoms with Gasteiger partial charge in [0.05, 0.1) is 16.2 Å². The third-order valence-corrected chi connectivity index (χ3v) is 4.60. The van der Waals surface area contributed by atoms with E-state index >= 15 is 0 Å². The van der Waals surface area contributed by atoms with Crippen molar-refractivity contribution in [2.24, 2.45) is 0 Å². The molecular weight excluding hydrogens is 398 g/mol. The maximum Gasteiger partial charge on any atom is 0.338 e. The fraction of sp³-hybridized carbons (Fsp3) is 0.105. The van der Waals surface area contributed by atoms with Crippen LogP contribution in [0.3, 0.4) is 0 Å². The zero-order valence-electron chi connectivity index (χ0n) is 15.1. The quantitative estimate of drug-likeness (QED) is 0.358. The van der Waals surface area contributed by atoms with Crippen molar-refractivity contribution in [1.29, 1.82) is 0 Å². The molecule has 0 radical (unpaired) electrons. The normalized spacial score (nSPS) is 11.5. The van der Waals surface area contributed by atoms with Crippen molar-refractivity contribution >= 4 is 34.0 Å². The summed E-state index contributed by atoms with van der Waals surface area (Å²) in [7, 11) is 0. The van der Waals surface area contributed by atoms with Crippen LogP contribution in [0.4, 0.5) is 10.8 Å². The fourth-order valence-electron chi connectivity index (χ4n) is 2.33. The van der Waals surface area contributed by atoms with Crippen molar-refractivity contribution in [3.63, 3.8) is 0 Å². The highest BCUT2D eigenvalue weighted by Gasteiger charge is 2.20. The number of amides is 1. The SMILES string of the molecule is C[C@@H](OC(=O)c1ccc(O)cc1)C(=O)Nc1nc(-c2cccc([N+](=O)[O-])c2)cs1. The molecule has 0 aliphatic rings. The summed E-state index contributed by atoms with van der Waals surface area (Å²) < 4.78 is 5.11. The molecule has 29 heavy (non-hydrogen) atoms. The van der Waals surface area contributed by atoms with Crippen molar-refractivity contribution in [1.82, 2.24) is 4.98 Å². The van der Waals surface area contributed by atoms with Crippen LogP contribution in [-0.2, 0) is 9.53 Å². The zero-order chi connectivity index (χ0) is 21.0. The highest BCUT2D eigenvalue weighted by molar-refractivity contribution is 7.14. The Morgan fingerprint density at radius 1 is 1.24 bits per heavy atom. The first-order valence-electron chi connectivity index (χ1n) is 8.34. The number of carbonyl (C=O) groups excluding carboxylic acids is 2. The van der Waals surface area contributed by atoms with Crippen molar-refractivity contribution in [2.45, 2.75) is 13.0 Å². The lowest BCUT2D eigenvalue weighted by Crippen LogP contribution is -2.29. The van der Waals surface area contributed by atoms with Gasteiger partial charge >= 0.3 is 5.97 Å². The van der Waals surface area contributed by atoms with Gasteiger partial charge in [0.1, 0.15) is 5.75 Å². The summed E-state index contributed by atoms with van der Waals surface area (Å²) in [5.74, 6) is -1.27. The second-order valence-electron chi connectivity index (χ2n) is 5.93. The molecule has 0 bridgehead atoms. The number of hydrogen-bond acceptors (Lipinski definition) is 8. The standard InChI is InChI=1S/C19H15N3O6S/c1-11(28-18(25)12-5-7-15(23)8-6-12)17(24)21-19-20-16(10-29-19)13-3-2-4-14(9-13)22(26)27/h2-11,23H,1H3,(H,20,21,24)/t11-/m1/s1. The van der Waals surface area contributed by atoms with Gasteiger partial charge in [0.15, 0.2) is 11.2 Å². The molecule has 1 heterocycles. The van der Waals surface area contributed by atoms with Gasteiger partial charge in [0.2, 0.25) is 0 Å². The third kappa shape index (κ3) is 4.93. The summed E-state index contributed by atoms with van der Waals surface area (Å²) in [6, 6.07) is 11.4. The summed E-state index contributed by atoms with van der Waals surface area (Å²) in [6.45, 7) is 1.42. The number of nitrogens with zero attached hydrogens (tertiary/aromatic N) is 2. The van der Waals surface area contributed by atoms with Gasteiger partial charge in [-0.2, -0.15) is 0 Å². The smallest absolute Gasteiger partial charge is 0.338 e. The molecule has 1 aromatic heterocycles. The van der Waals surface area contributed by atoms with E-state index in [2.05, 4.69) is 10.3 Å². The molecule has 2 aromatic carbocycles. The molecule has 1 amide bonds. The van der Waals surface area contributed by atoms with Gasteiger partial charge in [0.25, 0.3) is 11.6 Å². The first-order chi connectivity index (χ1) is 13.8. The number of ether oxygens (including phenoxy) is 1. The molecule has 9 nitrogen and oxygen atoms in total. The van der Waals surface area contributed by atoms with Gasteiger partial charge < -0.3 is 9.84 Å². The monoisotopic (exact) mass is 413 g/mol. The van der Waals surface area contributed by atoms with Crippen LogP contribution in [0.15, 0.2) is 53.9 Å². The van der Waals surface area contributed by atoms with E-state index in [1.54, 1.807) is 17.5 Å². The van der Waals surface area contributed by atoms with E-state index in [-0.39, 0.29) is 22.1 Å². The van der Waals surface area contributed by atoms with E-state index in [9.17, 15) is 24.8 Å². The van der Waals surface area contributed by atoms with E-state index in [0.29, 0.717) is 11.3 Å². The summed E-state index contributed by atoms with van der Waals surface area (Å²) in [6.07, 6.45) is -1.08. The molecule has 0 unspecified atom stereocenters. The van der Waals surface area contributed by atoms with Crippen LogP contribution in [-0.4, -0.2) is 33.0 Å².